The van der Waals surface area contributed by atoms with E-state index in [4.69, 9.17) is 10.6 Å². The van der Waals surface area contributed by atoms with Crippen LogP contribution >= 0.6 is 12.4 Å². The Morgan fingerprint density at radius 1 is 1.67 bits per heavy atom. The predicted octanol–water partition coefficient (Wildman–Crippen LogP) is 0.407. The smallest absolute Gasteiger partial charge is 0.142 e. The Morgan fingerprint density at radius 2 is 2.11 bits per heavy atom. The minimum atomic E-state index is 0. The minimum Gasteiger partial charge on any atom is -0.411 e. The summed E-state index contributed by atoms with van der Waals surface area (Å²) in [5.41, 5.74) is 0. The molecule has 0 saturated carbocycles. The Bertz CT molecular complexity index is 112. The summed E-state index contributed by atoms with van der Waals surface area (Å²) in [4.78, 5) is 1.53. The van der Waals surface area contributed by atoms with E-state index < -0.39 is 0 Å². The number of rotatable bonds is 1. The highest BCUT2D eigenvalue weighted by Gasteiger charge is 1.90. The largest absolute Gasteiger partial charge is 0.411 e. The number of nitrogens with zero attached hydrogens (tertiary/aromatic N) is 2. The first-order chi connectivity index (χ1) is 3.68. The molecule has 0 bridgehead atoms. The molecule has 0 heterocycles. The molecule has 9 heavy (non-hydrogen) atoms. The Morgan fingerprint density at radius 3 is 2.22 bits per heavy atom. The SMILES string of the molecule is CN(C)C(=N)/C=N/O.Cl. The molecule has 0 radical (unpaired) electrons. The standard InChI is InChI=1S/C4H9N3O.ClH/c1-7(2)4(5)3-6-8;/h3,5,8H,1-2H3;1H/b5-4?,6-3+;. The molecule has 0 aliphatic carbocycles. The molecule has 0 spiro atoms. The highest BCUT2D eigenvalue weighted by molar-refractivity contribution is 6.27. The first-order valence-corrected chi connectivity index (χ1v) is 2.11. The van der Waals surface area contributed by atoms with E-state index in [-0.39, 0.29) is 18.2 Å². The molecule has 0 aromatic heterocycles. The van der Waals surface area contributed by atoms with Gasteiger partial charge in [-0.05, 0) is 0 Å². The third-order valence-corrected chi connectivity index (χ3v) is 0.662. The van der Waals surface area contributed by atoms with Gasteiger partial charge < -0.3 is 10.1 Å². The van der Waals surface area contributed by atoms with E-state index in [0.717, 1.165) is 6.21 Å². The highest BCUT2D eigenvalue weighted by atomic mass is 35.5. The maximum Gasteiger partial charge on any atom is 0.142 e. The van der Waals surface area contributed by atoms with E-state index >= 15 is 0 Å². The average molecular weight is 152 g/mol. The van der Waals surface area contributed by atoms with Crippen LogP contribution in [-0.2, 0) is 0 Å². The van der Waals surface area contributed by atoms with Gasteiger partial charge in [0.2, 0.25) is 0 Å². The van der Waals surface area contributed by atoms with Gasteiger partial charge >= 0.3 is 0 Å². The molecular weight excluding hydrogens is 142 g/mol. The quantitative estimate of drug-likeness (QED) is 0.247. The van der Waals surface area contributed by atoms with Crippen LogP contribution < -0.4 is 0 Å². The number of amidine groups is 1. The second kappa shape index (κ2) is 5.37. The molecule has 0 saturated heterocycles. The third kappa shape index (κ3) is 5.10. The number of hydrogen-bond acceptors (Lipinski definition) is 3. The van der Waals surface area contributed by atoms with Gasteiger partial charge in [0.25, 0.3) is 0 Å². The molecule has 0 unspecified atom stereocenters. The maximum atomic E-state index is 7.89. The van der Waals surface area contributed by atoms with Crippen molar-refractivity contribution < 1.29 is 5.21 Å². The van der Waals surface area contributed by atoms with E-state index in [0.29, 0.717) is 0 Å². The average Bonchev–Trinajstić information content (AvgIpc) is 1.67. The van der Waals surface area contributed by atoms with Crippen molar-refractivity contribution >= 4 is 24.5 Å². The van der Waals surface area contributed by atoms with Crippen LogP contribution in [0.4, 0.5) is 0 Å². The predicted molar refractivity (Wildman–Crippen MR) is 38.9 cm³/mol. The van der Waals surface area contributed by atoms with Crippen LogP contribution in [0, 0.1) is 5.41 Å². The van der Waals surface area contributed by atoms with Gasteiger partial charge in [-0.1, -0.05) is 5.16 Å². The molecule has 0 amide bonds. The van der Waals surface area contributed by atoms with E-state index in [1.54, 1.807) is 14.1 Å². The summed E-state index contributed by atoms with van der Waals surface area (Å²) in [6.45, 7) is 0. The van der Waals surface area contributed by atoms with Crippen LogP contribution in [0.2, 0.25) is 0 Å². The Hall–Kier alpha value is -0.770. The topological polar surface area (TPSA) is 59.7 Å². The zero-order valence-corrected chi connectivity index (χ0v) is 6.14. The van der Waals surface area contributed by atoms with Gasteiger partial charge in [-0.3, -0.25) is 5.41 Å². The monoisotopic (exact) mass is 151 g/mol. The fourth-order valence-electron chi connectivity index (χ4n) is 0.170. The van der Waals surface area contributed by atoms with E-state index in [2.05, 4.69) is 5.16 Å². The lowest BCUT2D eigenvalue weighted by Gasteiger charge is -2.06. The maximum absolute atomic E-state index is 7.89. The fourth-order valence-corrected chi connectivity index (χ4v) is 0.170. The summed E-state index contributed by atoms with van der Waals surface area (Å²) in [5.74, 6) is 0.174. The summed E-state index contributed by atoms with van der Waals surface area (Å²) in [5, 5.41) is 17.5. The fraction of sp³-hybridized carbons (Fsp3) is 0.500. The lowest BCUT2D eigenvalue weighted by Crippen LogP contribution is -2.21. The molecule has 0 aliphatic heterocycles. The van der Waals surface area contributed by atoms with Crippen molar-refractivity contribution in [2.45, 2.75) is 0 Å². The van der Waals surface area contributed by atoms with Crippen molar-refractivity contribution in [3.63, 3.8) is 0 Å². The molecular formula is C4H10ClN3O. The molecule has 0 atom stereocenters. The van der Waals surface area contributed by atoms with Gasteiger partial charge in [0.1, 0.15) is 12.1 Å². The van der Waals surface area contributed by atoms with Crippen molar-refractivity contribution in [3.8, 4) is 0 Å². The van der Waals surface area contributed by atoms with Gasteiger partial charge in [-0.25, -0.2) is 0 Å². The summed E-state index contributed by atoms with van der Waals surface area (Å²) >= 11 is 0. The molecule has 2 N–H and O–H groups in total. The number of nitrogens with one attached hydrogen (secondary N) is 1. The van der Waals surface area contributed by atoms with Crippen molar-refractivity contribution in [3.05, 3.63) is 0 Å². The Balaban J connectivity index is 0. The van der Waals surface area contributed by atoms with Crippen LogP contribution in [-0.4, -0.2) is 36.3 Å². The molecule has 0 aromatic carbocycles. The number of oxime groups is 1. The van der Waals surface area contributed by atoms with Gasteiger partial charge in [-0.2, -0.15) is 0 Å². The summed E-state index contributed by atoms with van der Waals surface area (Å²) < 4.78 is 0. The summed E-state index contributed by atoms with van der Waals surface area (Å²) in [6.07, 6.45) is 1.06. The first kappa shape index (κ1) is 11.1. The van der Waals surface area contributed by atoms with Gasteiger partial charge in [0.05, 0.1) is 0 Å². The minimum absolute atomic E-state index is 0. The summed E-state index contributed by atoms with van der Waals surface area (Å²) in [7, 11) is 3.40. The molecule has 0 fully saturated rings. The van der Waals surface area contributed by atoms with Crippen molar-refractivity contribution in [1.82, 2.24) is 4.90 Å². The molecule has 0 aliphatic rings. The first-order valence-electron chi connectivity index (χ1n) is 2.11. The zero-order valence-electron chi connectivity index (χ0n) is 5.33. The molecule has 0 aromatic rings. The number of halogens is 1. The van der Waals surface area contributed by atoms with Crippen LogP contribution in [0.15, 0.2) is 5.16 Å². The molecule has 5 heteroatoms. The second-order valence-electron chi connectivity index (χ2n) is 1.52. The van der Waals surface area contributed by atoms with Crippen LogP contribution in [0.1, 0.15) is 0 Å². The second-order valence-corrected chi connectivity index (χ2v) is 1.52. The van der Waals surface area contributed by atoms with Crippen LogP contribution in [0.5, 0.6) is 0 Å². The van der Waals surface area contributed by atoms with Crippen molar-refractivity contribution in [2.24, 2.45) is 5.16 Å². The normalized spacial score (nSPS) is 8.67. The molecule has 4 nitrogen and oxygen atoms in total. The third-order valence-electron chi connectivity index (χ3n) is 0.662. The number of hydrogen-bond donors (Lipinski definition) is 2. The molecule has 54 valence electrons. The van der Waals surface area contributed by atoms with E-state index in [9.17, 15) is 0 Å². The van der Waals surface area contributed by atoms with Gasteiger partial charge in [0.15, 0.2) is 0 Å². The Labute approximate surface area is 60.1 Å². The highest BCUT2D eigenvalue weighted by Crippen LogP contribution is 1.71. The van der Waals surface area contributed by atoms with Crippen molar-refractivity contribution in [2.75, 3.05) is 14.1 Å². The lowest BCUT2D eigenvalue weighted by atomic mass is 10.6. The zero-order chi connectivity index (χ0) is 6.57. The van der Waals surface area contributed by atoms with Gasteiger partial charge in [-0.15, -0.1) is 12.4 Å². The van der Waals surface area contributed by atoms with Crippen LogP contribution in [0.3, 0.4) is 0 Å². The van der Waals surface area contributed by atoms with Crippen LogP contribution in [0.25, 0.3) is 0 Å². The molecule has 0 rings (SSSR count). The Kier molecular flexibility index (Phi) is 6.61. The lowest BCUT2D eigenvalue weighted by molar-refractivity contribution is 0.322. The van der Waals surface area contributed by atoms with Gasteiger partial charge in [0, 0.05) is 14.1 Å². The van der Waals surface area contributed by atoms with E-state index in [1.807, 2.05) is 0 Å². The van der Waals surface area contributed by atoms with Crippen molar-refractivity contribution in [1.29, 1.82) is 5.41 Å². The summed E-state index contributed by atoms with van der Waals surface area (Å²) in [6, 6.07) is 0. The van der Waals surface area contributed by atoms with E-state index in [1.165, 1.54) is 4.90 Å².